The van der Waals surface area contributed by atoms with Crippen LogP contribution in [0.1, 0.15) is 22.3 Å². The summed E-state index contributed by atoms with van der Waals surface area (Å²) in [6.45, 7) is 8.41. The van der Waals surface area contributed by atoms with E-state index in [1.165, 1.54) is 33.0 Å². The van der Waals surface area contributed by atoms with E-state index in [9.17, 15) is 0 Å². The van der Waals surface area contributed by atoms with Gasteiger partial charge in [-0.2, -0.15) is 42.5 Å². The van der Waals surface area contributed by atoms with Gasteiger partial charge in [0.1, 0.15) is 5.65 Å². The maximum absolute atomic E-state index is 4.59. The molecule has 40 heavy (non-hydrogen) atoms. The van der Waals surface area contributed by atoms with Crippen molar-refractivity contribution in [2.24, 2.45) is 0 Å². The fourth-order valence-electron chi connectivity index (χ4n) is 4.82. The number of hydrogen-bond acceptors (Lipinski definition) is 2. The molecule has 0 spiro atoms. The molecule has 3 heterocycles. The van der Waals surface area contributed by atoms with E-state index in [1.807, 2.05) is 42.9 Å². The Balaban J connectivity index is 0.000000184. The molecule has 0 aliphatic heterocycles. The second kappa shape index (κ2) is 11.6. The molecule has 0 saturated carbocycles. The van der Waals surface area contributed by atoms with Gasteiger partial charge < -0.3 is 9.38 Å². The van der Waals surface area contributed by atoms with Crippen molar-refractivity contribution in [1.82, 2.24) is 14.4 Å². The topological polar surface area (TPSA) is 30.2 Å². The van der Waals surface area contributed by atoms with Crippen LogP contribution in [0.25, 0.3) is 49.7 Å². The number of para-hydroxylation sites is 1. The molecule has 3 nitrogen and oxygen atoms in total. The molecule has 0 aliphatic carbocycles. The number of imidazole rings is 1. The van der Waals surface area contributed by atoms with Gasteiger partial charge in [0.2, 0.25) is 0 Å². The summed E-state index contributed by atoms with van der Waals surface area (Å²) in [5.74, 6) is 0. The molecule has 0 radical (unpaired) electrons. The molecule has 3 aromatic heterocycles. The van der Waals surface area contributed by atoms with Crippen LogP contribution >= 0.6 is 0 Å². The van der Waals surface area contributed by atoms with Crippen molar-refractivity contribution in [3.63, 3.8) is 0 Å². The zero-order valence-electron chi connectivity index (χ0n) is 22.9. The van der Waals surface area contributed by atoms with Gasteiger partial charge in [-0.1, -0.05) is 54.4 Å². The summed E-state index contributed by atoms with van der Waals surface area (Å²) in [6, 6.07) is 36.8. The van der Waals surface area contributed by atoms with E-state index in [4.69, 9.17) is 0 Å². The number of fused-ring (bicyclic) bond motifs is 6. The molecular formula is C36H28IrN3. The van der Waals surface area contributed by atoms with Crippen LogP contribution < -0.4 is 0 Å². The van der Waals surface area contributed by atoms with Crippen LogP contribution in [0.4, 0.5) is 0 Å². The number of rotatable bonds is 2. The maximum Gasteiger partial charge on any atom is 3.00 e. The fourth-order valence-corrected chi connectivity index (χ4v) is 4.82. The fraction of sp³-hybridized carbons (Fsp3) is 0.111. The molecule has 196 valence electrons. The van der Waals surface area contributed by atoms with E-state index in [2.05, 4.69) is 115 Å². The second-order valence-electron chi connectivity index (χ2n) is 9.95. The monoisotopic (exact) mass is 695 g/mol. The van der Waals surface area contributed by atoms with Crippen molar-refractivity contribution in [1.29, 1.82) is 0 Å². The number of pyridine rings is 2. The van der Waals surface area contributed by atoms with Crippen LogP contribution in [0, 0.1) is 45.9 Å². The Bertz CT molecular complexity index is 1960. The molecule has 0 N–H and O–H groups in total. The van der Waals surface area contributed by atoms with E-state index < -0.39 is 0 Å². The predicted molar refractivity (Wildman–Crippen MR) is 161 cm³/mol. The quantitative estimate of drug-likeness (QED) is 0.134. The molecule has 0 unspecified atom stereocenters. The summed E-state index contributed by atoms with van der Waals surface area (Å²) in [5.41, 5.74) is 11.3. The van der Waals surface area contributed by atoms with E-state index in [0.29, 0.717) is 0 Å². The third-order valence-electron chi connectivity index (χ3n) is 7.36. The molecule has 0 fully saturated rings. The number of aryl methyl sites for hydroxylation is 4. The molecule has 0 saturated heterocycles. The van der Waals surface area contributed by atoms with E-state index in [1.54, 1.807) is 0 Å². The van der Waals surface area contributed by atoms with Crippen LogP contribution in [0.5, 0.6) is 0 Å². The van der Waals surface area contributed by atoms with Crippen molar-refractivity contribution >= 4 is 27.3 Å². The molecule has 0 aliphatic rings. The first-order chi connectivity index (χ1) is 19.0. The zero-order valence-corrected chi connectivity index (χ0v) is 25.3. The molecule has 0 bridgehead atoms. The van der Waals surface area contributed by atoms with Gasteiger partial charge in [-0.15, -0.1) is 41.0 Å². The van der Waals surface area contributed by atoms with Crippen molar-refractivity contribution in [3.05, 3.63) is 138 Å². The standard InChI is InChI=1S/C22H16N3.C14H12.Ir/c1-14-11-20(24-13-15(14)2)16-7-8-17-18-5-3-4-6-21(18)25-10-9-23-22(25)19(17)12-16;1-11-8-9-14(10-12(11)2)13-6-4-3-5-7-13;/h3-6,8-13H,1-2H3;3-6,8,10H,1-2H3;/q-1;-2;+3. The molecule has 4 aromatic carbocycles. The first-order valence-electron chi connectivity index (χ1n) is 13.1. The van der Waals surface area contributed by atoms with Crippen molar-refractivity contribution < 1.29 is 20.1 Å². The van der Waals surface area contributed by atoms with Crippen LogP contribution in [-0.4, -0.2) is 14.4 Å². The van der Waals surface area contributed by atoms with Gasteiger partial charge in [0, 0.05) is 24.1 Å². The first kappa shape index (κ1) is 27.5. The summed E-state index contributed by atoms with van der Waals surface area (Å²) >= 11 is 0. The molecule has 4 heteroatoms. The second-order valence-corrected chi connectivity index (χ2v) is 9.95. The van der Waals surface area contributed by atoms with Crippen molar-refractivity contribution in [2.45, 2.75) is 27.7 Å². The number of hydrogen-bond donors (Lipinski definition) is 0. The van der Waals surface area contributed by atoms with E-state index in [0.717, 1.165) is 38.9 Å². The van der Waals surface area contributed by atoms with Gasteiger partial charge in [-0.3, -0.25) is 0 Å². The molecule has 7 aromatic rings. The summed E-state index contributed by atoms with van der Waals surface area (Å²) in [5, 5.41) is 3.50. The average molecular weight is 695 g/mol. The van der Waals surface area contributed by atoms with Gasteiger partial charge in [0.25, 0.3) is 0 Å². The SMILES string of the molecule is Cc1c[c-]c(-c2[c-]cccc2)cc1C.Cc1cnc(-c2[c-]cc3c4ccccc4n4ccnc4c3c2)cc1C.[Ir+3]. The largest absolute Gasteiger partial charge is 3.00 e. The minimum absolute atomic E-state index is 0. The zero-order chi connectivity index (χ0) is 26.9. The Morgan fingerprint density at radius 3 is 2.17 bits per heavy atom. The smallest absolute Gasteiger partial charge is 0.304 e. The van der Waals surface area contributed by atoms with Gasteiger partial charge in [0.05, 0.1) is 0 Å². The minimum Gasteiger partial charge on any atom is -0.304 e. The number of benzene rings is 4. The third-order valence-corrected chi connectivity index (χ3v) is 7.36. The summed E-state index contributed by atoms with van der Waals surface area (Å²) in [4.78, 5) is 9.18. The molecule has 0 atom stereocenters. The van der Waals surface area contributed by atoms with Gasteiger partial charge in [-0.25, -0.2) is 16.1 Å². The Hall–Kier alpha value is -4.11. The van der Waals surface area contributed by atoms with Gasteiger partial charge >= 0.3 is 20.1 Å². The Kier molecular flexibility index (Phi) is 7.93. The molecular weight excluding hydrogens is 667 g/mol. The summed E-state index contributed by atoms with van der Waals surface area (Å²) < 4.78 is 2.15. The molecule has 0 amide bonds. The Labute approximate surface area is 248 Å². The van der Waals surface area contributed by atoms with Crippen LogP contribution in [0.3, 0.4) is 0 Å². The van der Waals surface area contributed by atoms with Gasteiger partial charge in [0.15, 0.2) is 0 Å². The normalized spacial score (nSPS) is 10.8. The third kappa shape index (κ3) is 5.21. The maximum atomic E-state index is 4.59. The van der Waals surface area contributed by atoms with E-state index in [-0.39, 0.29) is 20.1 Å². The molecule has 7 rings (SSSR count). The van der Waals surface area contributed by atoms with E-state index >= 15 is 0 Å². The Morgan fingerprint density at radius 1 is 0.625 bits per heavy atom. The van der Waals surface area contributed by atoms with Crippen LogP contribution in [-0.2, 0) is 20.1 Å². The van der Waals surface area contributed by atoms with Crippen LogP contribution in [0.15, 0.2) is 97.5 Å². The van der Waals surface area contributed by atoms with Crippen molar-refractivity contribution in [2.75, 3.05) is 0 Å². The van der Waals surface area contributed by atoms with Crippen LogP contribution in [0.2, 0.25) is 0 Å². The van der Waals surface area contributed by atoms with Crippen molar-refractivity contribution in [3.8, 4) is 22.4 Å². The summed E-state index contributed by atoms with van der Waals surface area (Å²) in [7, 11) is 0. The number of nitrogens with zero attached hydrogens (tertiary/aromatic N) is 3. The predicted octanol–water partition coefficient (Wildman–Crippen LogP) is 8.69. The summed E-state index contributed by atoms with van der Waals surface area (Å²) in [6.07, 6.45) is 5.79. The minimum atomic E-state index is 0. The number of aromatic nitrogens is 3. The Morgan fingerprint density at radius 2 is 1.40 bits per heavy atom. The van der Waals surface area contributed by atoms with Gasteiger partial charge in [-0.05, 0) is 36.6 Å². The average Bonchev–Trinajstić information content (AvgIpc) is 3.47. The first-order valence-corrected chi connectivity index (χ1v) is 13.1.